The van der Waals surface area contributed by atoms with Gasteiger partial charge in [-0.15, -0.1) is 0 Å². The molecule has 2 heterocycles. The van der Waals surface area contributed by atoms with Gasteiger partial charge in [-0.05, 0) is 68.7 Å². The van der Waals surface area contributed by atoms with Crippen molar-refractivity contribution in [1.82, 2.24) is 14.3 Å². The van der Waals surface area contributed by atoms with Crippen molar-refractivity contribution in [3.8, 4) is 11.4 Å². The van der Waals surface area contributed by atoms with Crippen LogP contribution in [-0.4, -0.2) is 40.7 Å². The standard InChI is InChI=1S/C30H27BrCl2N4O5S/c1-18-27(29(39)37(35(18)2)22-7-4-3-5-8-22)34-43(40,41)25-15-19(14-23(32)26(25)33)28(38)36-16-20-13-21(31)9-10-24(20)42-30(17-36)11-6-12-30/h3-5,7-10,13-15,34H,6,11-12,16-17H2,1-2H3. The zero-order chi connectivity index (χ0) is 30.7. The van der Waals surface area contributed by atoms with Gasteiger partial charge in [-0.25, -0.2) is 13.1 Å². The highest BCUT2D eigenvalue weighted by atomic mass is 79.9. The Morgan fingerprint density at radius 2 is 1.79 bits per heavy atom. The average Bonchev–Trinajstić information content (AvgIpc) is 3.08. The smallest absolute Gasteiger partial charge is 0.296 e. The highest BCUT2D eigenvalue weighted by Gasteiger charge is 2.44. The van der Waals surface area contributed by atoms with Gasteiger partial charge in [0.2, 0.25) is 0 Å². The van der Waals surface area contributed by atoms with Gasteiger partial charge in [0, 0.05) is 29.2 Å². The fourth-order valence-electron chi connectivity index (χ4n) is 5.56. The number of amides is 1. The molecule has 1 saturated carbocycles. The van der Waals surface area contributed by atoms with Crippen LogP contribution in [-0.2, 0) is 23.6 Å². The molecule has 6 rings (SSSR count). The third kappa shape index (κ3) is 5.37. The molecule has 1 amide bonds. The molecule has 1 aliphatic heterocycles. The van der Waals surface area contributed by atoms with Crippen molar-refractivity contribution < 1.29 is 17.9 Å². The number of nitrogens with zero attached hydrogens (tertiary/aromatic N) is 3. The van der Waals surface area contributed by atoms with Gasteiger partial charge in [0.15, 0.2) is 0 Å². The highest BCUT2D eigenvalue weighted by molar-refractivity contribution is 9.10. The molecular weight excluding hydrogens is 679 g/mol. The van der Waals surface area contributed by atoms with Crippen LogP contribution in [0, 0.1) is 6.92 Å². The molecule has 0 radical (unpaired) electrons. The van der Waals surface area contributed by atoms with Crippen molar-refractivity contribution in [2.24, 2.45) is 7.05 Å². The van der Waals surface area contributed by atoms with Crippen LogP contribution in [0.3, 0.4) is 0 Å². The topological polar surface area (TPSA) is 103 Å². The second kappa shape index (κ2) is 11.0. The molecule has 1 aliphatic carbocycles. The summed E-state index contributed by atoms with van der Waals surface area (Å²) in [5.41, 5.74) is 0.608. The minimum Gasteiger partial charge on any atom is -0.485 e. The second-order valence-electron chi connectivity index (χ2n) is 10.9. The van der Waals surface area contributed by atoms with Gasteiger partial charge in [0.25, 0.3) is 21.5 Å². The van der Waals surface area contributed by atoms with Gasteiger partial charge < -0.3 is 9.64 Å². The molecule has 4 aromatic rings. The summed E-state index contributed by atoms with van der Waals surface area (Å²) in [6.07, 6.45) is 2.59. The summed E-state index contributed by atoms with van der Waals surface area (Å²) in [6.45, 7) is 2.22. The number of ether oxygens (including phenoxy) is 1. The zero-order valence-electron chi connectivity index (χ0n) is 23.2. The van der Waals surface area contributed by atoms with E-state index in [1.807, 2.05) is 24.3 Å². The minimum atomic E-state index is -4.46. The molecule has 13 heteroatoms. The molecule has 1 fully saturated rings. The maximum absolute atomic E-state index is 14.0. The number of carbonyl (C=O) groups is 1. The van der Waals surface area contributed by atoms with E-state index < -0.39 is 32.0 Å². The van der Waals surface area contributed by atoms with E-state index in [2.05, 4.69) is 20.7 Å². The van der Waals surface area contributed by atoms with E-state index in [1.54, 1.807) is 47.8 Å². The van der Waals surface area contributed by atoms with Crippen molar-refractivity contribution in [3.63, 3.8) is 0 Å². The number of hydrogen-bond donors (Lipinski definition) is 1. The van der Waals surface area contributed by atoms with E-state index in [9.17, 15) is 18.0 Å². The number of para-hydroxylation sites is 1. The zero-order valence-corrected chi connectivity index (χ0v) is 27.1. The summed E-state index contributed by atoms with van der Waals surface area (Å²) in [5, 5.41) is -0.362. The molecule has 0 bridgehead atoms. The normalized spacial score (nSPS) is 15.8. The summed E-state index contributed by atoms with van der Waals surface area (Å²) >= 11 is 16.3. The monoisotopic (exact) mass is 704 g/mol. The number of fused-ring (bicyclic) bond motifs is 1. The summed E-state index contributed by atoms with van der Waals surface area (Å²) in [6, 6.07) is 17.1. The number of aromatic nitrogens is 2. The summed E-state index contributed by atoms with van der Waals surface area (Å²) in [7, 11) is -2.80. The molecule has 43 heavy (non-hydrogen) atoms. The fourth-order valence-corrected chi connectivity index (χ4v) is 7.90. The number of hydrogen-bond acceptors (Lipinski definition) is 5. The van der Waals surface area contributed by atoms with Gasteiger partial charge in [0.1, 0.15) is 21.9 Å². The number of rotatable bonds is 5. The Morgan fingerprint density at radius 1 is 1.07 bits per heavy atom. The third-order valence-electron chi connectivity index (χ3n) is 8.06. The fraction of sp³-hybridized carbons (Fsp3) is 0.267. The Morgan fingerprint density at radius 3 is 2.47 bits per heavy atom. The van der Waals surface area contributed by atoms with Gasteiger partial charge in [0.05, 0.1) is 28.0 Å². The van der Waals surface area contributed by atoms with Gasteiger partial charge in [-0.1, -0.05) is 57.3 Å². The predicted octanol–water partition coefficient (Wildman–Crippen LogP) is 6.31. The molecule has 0 unspecified atom stereocenters. The van der Waals surface area contributed by atoms with Gasteiger partial charge in [-0.3, -0.25) is 19.0 Å². The van der Waals surface area contributed by atoms with E-state index in [4.69, 9.17) is 27.9 Å². The van der Waals surface area contributed by atoms with Crippen molar-refractivity contribution in [2.75, 3.05) is 11.3 Å². The van der Waals surface area contributed by atoms with E-state index in [0.29, 0.717) is 17.9 Å². The molecule has 0 atom stereocenters. The predicted molar refractivity (Wildman–Crippen MR) is 169 cm³/mol. The van der Waals surface area contributed by atoms with Crippen LogP contribution in [0.5, 0.6) is 5.75 Å². The first-order chi connectivity index (χ1) is 20.4. The third-order valence-corrected chi connectivity index (χ3v) is 10.8. The lowest BCUT2D eigenvalue weighted by molar-refractivity contribution is -0.0247. The molecule has 2 aliphatic rings. The number of benzene rings is 3. The van der Waals surface area contributed by atoms with Crippen LogP contribution in [0.25, 0.3) is 5.69 Å². The van der Waals surface area contributed by atoms with Crippen molar-refractivity contribution in [3.05, 3.63) is 102 Å². The van der Waals surface area contributed by atoms with E-state index in [-0.39, 0.29) is 27.8 Å². The lowest BCUT2D eigenvalue weighted by Gasteiger charge is -2.43. The maximum Gasteiger partial charge on any atom is 0.296 e. The van der Waals surface area contributed by atoms with Crippen LogP contribution in [0.4, 0.5) is 5.69 Å². The number of sulfonamides is 1. The Kier molecular flexibility index (Phi) is 7.65. The number of nitrogens with one attached hydrogen (secondary N) is 1. The van der Waals surface area contributed by atoms with Gasteiger partial charge in [-0.2, -0.15) is 0 Å². The Hall–Kier alpha value is -3.25. The van der Waals surface area contributed by atoms with Crippen LogP contribution in [0.1, 0.15) is 40.9 Å². The first-order valence-electron chi connectivity index (χ1n) is 13.5. The number of halogens is 3. The Labute approximate surface area is 267 Å². The summed E-state index contributed by atoms with van der Waals surface area (Å²) < 4.78 is 40.0. The molecule has 1 N–H and O–H groups in total. The van der Waals surface area contributed by atoms with Crippen molar-refractivity contribution >= 4 is 60.7 Å². The minimum absolute atomic E-state index is 0.0502. The maximum atomic E-state index is 14.0. The van der Waals surface area contributed by atoms with E-state index in [1.165, 1.54) is 16.8 Å². The molecule has 1 spiro atoms. The van der Waals surface area contributed by atoms with Crippen LogP contribution >= 0.6 is 39.1 Å². The van der Waals surface area contributed by atoms with Crippen molar-refractivity contribution in [2.45, 2.75) is 43.2 Å². The SMILES string of the molecule is Cc1c(NS(=O)(=O)c2cc(C(=O)N3Cc4cc(Br)ccc4OC4(CCC4)C3)cc(Cl)c2Cl)c(=O)n(-c2ccccc2)n1C. The van der Waals surface area contributed by atoms with Crippen molar-refractivity contribution in [1.29, 1.82) is 0 Å². The average molecular weight is 706 g/mol. The number of anilines is 1. The Balaban J connectivity index is 1.36. The van der Waals surface area contributed by atoms with Crippen LogP contribution < -0.4 is 15.0 Å². The quantitative estimate of drug-likeness (QED) is 0.262. The van der Waals surface area contributed by atoms with Gasteiger partial charge >= 0.3 is 0 Å². The molecule has 1 aromatic heterocycles. The largest absolute Gasteiger partial charge is 0.485 e. The highest BCUT2D eigenvalue weighted by Crippen LogP contribution is 2.42. The molecule has 3 aromatic carbocycles. The van der Waals surface area contributed by atoms with E-state index in [0.717, 1.165) is 35.0 Å². The molecule has 0 saturated heterocycles. The lowest BCUT2D eigenvalue weighted by Crippen LogP contribution is -2.52. The van der Waals surface area contributed by atoms with Crippen LogP contribution in [0.2, 0.25) is 10.0 Å². The second-order valence-corrected chi connectivity index (χ2v) is 14.2. The summed E-state index contributed by atoms with van der Waals surface area (Å²) in [5.74, 6) is 0.305. The Bertz CT molecular complexity index is 1940. The lowest BCUT2D eigenvalue weighted by atomic mass is 9.79. The number of carbonyl (C=O) groups excluding carboxylic acids is 1. The first-order valence-corrected chi connectivity index (χ1v) is 16.5. The summed E-state index contributed by atoms with van der Waals surface area (Å²) in [4.78, 5) is 28.6. The first kappa shape index (κ1) is 29.8. The van der Waals surface area contributed by atoms with E-state index >= 15 is 0 Å². The molecular formula is C30H27BrCl2N4O5S. The van der Waals surface area contributed by atoms with Crippen LogP contribution in [0.15, 0.2) is 74.8 Å². The molecule has 224 valence electrons. The molecule has 9 nitrogen and oxygen atoms in total.